The molecule has 5 rings (SSSR count). The third kappa shape index (κ3) is 2.85. The second-order valence-electron chi connectivity index (χ2n) is 6.90. The van der Waals surface area contributed by atoms with E-state index in [1.165, 1.54) is 7.11 Å². The van der Waals surface area contributed by atoms with Gasteiger partial charge < -0.3 is 23.8 Å². The van der Waals surface area contributed by atoms with Gasteiger partial charge >= 0.3 is 6.09 Å². The number of ether oxygens (including phenoxy) is 2. The molecule has 1 amide bonds. The van der Waals surface area contributed by atoms with Crippen LogP contribution in [-0.2, 0) is 9.47 Å². The first kappa shape index (κ1) is 17.0. The molecule has 0 spiro atoms. The highest BCUT2D eigenvalue weighted by Crippen LogP contribution is 2.28. The maximum atomic E-state index is 11.6. The highest BCUT2D eigenvalue weighted by molar-refractivity contribution is 5.83. The average molecular weight is 384 g/mol. The maximum Gasteiger partial charge on any atom is 0.409 e. The smallest absolute Gasteiger partial charge is 0.409 e. The van der Waals surface area contributed by atoms with E-state index in [-0.39, 0.29) is 12.1 Å². The van der Waals surface area contributed by atoms with E-state index >= 15 is 0 Å². The fraction of sp³-hybridized carbons (Fsp3) is 0.444. The zero-order chi connectivity index (χ0) is 19.1. The summed E-state index contributed by atoms with van der Waals surface area (Å²) in [6.07, 6.45) is 1.55. The number of nitrogens with zero attached hydrogens (tertiary/aromatic N) is 6. The summed E-state index contributed by atoms with van der Waals surface area (Å²) in [7, 11) is 1.39. The van der Waals surface area contributed by atoms with Gasteiger partial charge in [-0.2, -0.15) is 10.1 Å². The molecule has 2 aliphatic heterocycles. The monoisotopic (exact) mass is 384 g/mol. The lowest BCUT2D eigenvalue weighted by Crippen LogP contribution is -2.49. The molecule has 28 heavy (non-hydrogen) atoms. The predicted octanol–water partition coefficient (Wildman–Crippen LogP) is 1.55. The van der Waals surface area contributed by atoms with Gasteiger partial charge in [0.1, 0.15) is 0 Å². The third-order valence-electron chi connectivity index (χ3n) is 5.22. The molecular formula is C18H20N6O4. The molecule has 0 bridgehead atoms. The summed E-state index contributed by atoms with van der Waals surface area (Å²) < 4.78 is 17.5. The Morgan fingerprint density at radius 2 is 2.04 bits per heavy atom. The van der Waals surface area contributed by atoms with Gasteiger partial charge in [0.15, 0.2) is 0 Å². The number of anilines is 1. The molecule has 0 unspecified atom stereocenters. The van der Waals surface area contributed by atoms with Crippen LogP contribution in [0.5, 0.6) is 0 Å². The van der Waals surface area contributed by atoms with Crippen LogP contribution >= 0.6 is 0 Å². The molecule has 4 heterocycles. The molecule has 10 nitrogen and oxygen atoms in total. The van der Waals surface area contributed by atoms with Crippen LogP contribution in [0.4, 0.5) is 10.7 Å². The summed E-state index contributed by atoms with van der Waals surface area (Å²) in [6.45, 7) is 3.74. The quantitative estimate of drug-likeness (QED) is 0.671. The largest absolute Gasteiger partial charge is 0.453 e. The number of aromatic nitrogens is 4. The zero-order valence-corrected chi connectivity index (χ0v) is 15.4. The molecule has 1 aromatic carbocycles. The van der Waals surface area contributed by atoms with E-state index < -0.39 is 0 Å². The number of amides is 1. The van der Waals surface area contributed by atoms with Crippen LogP contribution in [0.3, 0.4) is 0 Å². The van der Waals surface area contributed by atoms with Gasteiger partial charge in [0.25, 0.3) is 11.8 Å². The minimum Gasteiger partial charge on any atom is -0.453 e. The fourth-order valence-electron chi connectivity index (χ4n) is 3.51. The Labute approximate surface area is 160 Å². The van der Waals surface area contributed by atoms with E-state index in [0.29, 0.717) is 51.2 Å². The van der Waals surface area contributed by atoms with Gasteiger partial charge in [0, 0.05) is 37.1 Å². The zero-order valence-electron chi connectivity index (χ0n) is 15.4. The number of hydrogen-bond acceptors (Lipinski definition) is 8. The van der Waals surface area contributed by atoms with Crippen LogP contribution in [0.25, 0.3) is 22.4 Å². The normalized spacial score (nSPS) is 17.8. The Balaban J connectivity index is 1.35. The topological polar surface area (TPSA) is 98.8 Å². The van der Waals surface area contributed by atoms with E-state index in [4.69, 9.17) is 14.0 Å². The van der Waals surface area contributed by atoms with Crippen molar-refractivity contribution in [2.24, 2.45) is 0 Å². The molecule has 10 heteroatoms. The molecule has 0 aliphatic carbocycles. The van der Waals surface area contributed by atoms with Gasteiger partial charge in [-0.1, -0.05) is 6.07 Å². The molecule has 2 aliphatic rings. The molecule has 0 radical (unpaired) electrons. The number of benzene rings is 1. The molecule has 2 aromatic heterocycles. The van der Waals surface area contributed by atoms with Crippen molar-refractivity contribution in [2.75, 3.05) is 51.4 Å². The summed E-state index contributed by atoms with van der Waals surface area (Å²) >= 11 is 0. The van der Waals surface area contributed by atoms with Gasteiger partial charge in [0.05, 0.1) is 38.1 Å². The van der Waals surface area contributed by atoms with Gasteiger partial charge in [0.2, 0.25) is 0 Å². The lowest BCUT2D eigenvalue weighted by atomic mass is 10.1. The van der Waals surface area contributed by atoms with Crippen molar-refractivity contribution in [3.63, 3.8) is 0 Å². The van der Waals surface area contributed by atoms with Crippen molar-refractivity contribution in [3.8, 4) is 11.5 Å². The van der Waals surface area contributed by atoms with Crippen LogP contribution in [0.15, 0.2) is 28.9 Å². The van der Waals surface area contributed by atoms with Gasteiger partial charge in [-0.05, 0) is 17.3 Å². The number of carbonyl (C=O) groups is 1. The SMILES string of the molecule is COC(=O)N1CCN(c2noc(-c3ccc4cnn(C5COC5)c4c3)n2)CC1. The Morgan fingerprint density at radius 3 is 2.75 bits per heavy atom. The number of carbonyl (C=O) groups excluding carboxylic acids is 1. The van der Waals surface area contributed by atoms with E-state index in [1.807, 2.05) is 34.0 Å². The molecule has 2 fully saturated rings. The van der Waals surface area contributed by atoms with Crippen molar-refractivity contribution < 1.29 is 18.8 Å². The molecule has 0 N–H and O–H groups in total. The number of methoxy groups -OCH3 is 1. The standard InChI is InChI=1S/C18H20N6O4/c1-26-18(25)23-6-4-22(5-7-23)17-20-16(28-21-17)12-2-3-13-9-19-24(15(13)8-12)14-10-27-11-14/h2-3,8-9,14H,4-7,10-11H2,1H3. The van der Waals surface area contributed by atoms with Gasteiger partial charge in [-0.3, -0.25) is 4.68 Å². The first-order chi connectivity index (χ1) is 13.7. The van der Waals surface area contributed by atoms with Crippen molar-refractivity contribution >= 4 is 22.9 Å². The highest BCUT2D eigenvalue weighted by atomic mass is 16.5. The van der Waals surface area contributed by atoms with E-state index in [2.05, 4.69) is 15.2 Å². The van der Waals surface area contributed by atoms with Crippen molar-refractivity contribution in [2.45, 2.75) is 6.04 Å². The van der Waals surface area contributed by atoms with E-state index in [1.54, 1.807) is 4.90 Å². The number of hydrogen-bond donors (Lipinski definition) is 0. The predicted molar refractivity (Wildman–Crippen MR) is 99.1 cm³/mol. The molecular weight excluding hydrogens is 364 g/mol. The summed E-state index contributed by atoms with van der Waals surface area (Å²) in [5.41, 5.74) is 1.87. The number of rotatable bonds is 3. The Hall–Kier alpha value is -3.14. The molecule has 3 aromatic rings. The van der Waals surface area contributed by atoms with Crippen molar-refractivity contribution in [1.82, 2.24) is 24.8 Å². The van der Waals surface area contributed by atoms with Crippen molar-refractivity contribution in [1.29, 1.82) is 0 Å². The Bertz CT molecular complexity index is 1000. The Morgan fingerprint density at radius 1 is 1.21 bits per heavy atom. The third-order valence-corrected chi connectivity index (χ3v) is 5.22. The van der Waals surface area contributed by atoms with E-state index in [0.717, 1.165) is 16.5 Å². The lowest BCUT2D eigenvalue weighted by molar-refractivity contribution is -0.0266. The van der Waals surface area contributed by atoms with Gasteiger partial charge in [-0.25, -0.2) is 4.79 Å². The Kier molecular flexibility index (Phi) is 4.12. The number of fused-ring (bicyclic) bond motifs is 1. The second kappa shape index (κ2) is 6.79. The molecule has 2 saturated heterocycles. The highest BCUT2D eigenvalue weighted by Gasteiger charge is 2.25. The summed E-state index contributed by atoms with van der Waals surface area (Å²) in [6, 6.07) is 6.26. The lowest BCUT2D eigenvalue weighted by Gasteiger charge is -2.32. The summed E-state index contributed by atoms with van der Waals surface area (Å²) in [4.78, 5) is 19.8. The summed E-state index contributed by atoms with van der Waals surface area (Å²) in [5, 5.41) is 9.66. The molecule has 0 saturated carbocycles. The van der Waals surface area contributed by atoms with Crippen LogP contribution in [0.2, 0.25) is 0 Å². The number of piperazine rings is 1. The minimum atomic E-state index is -0.310. The van der Waals surface area contributed by atoms with Crippen LogP contribution in [0.1, 0.15) is 6.04 Å². The first-order valence-electron chi connectivity index (χ1n) is 9.20. The van der Waals surface area contributed by atoms with Crippen LogP contribution < -0.4 is 4.90 Å². The molecule has 0 atom stereocenters. The summed E-state index contributed by atoms with van der Waals surface area (Å²) in [5.74, 6) is 0.991. The van der Waals surface area contributed by atoms with Crippen molar-refractivity contribution in [3.05, 3.63) is 24.4 Å². The average Bonchev–Trinajstić information content (AvgIpc) is 3.34. The van der Waals surface area contributed by atoms with Crippen LogP contribution in [0, 0.1) is 0 Å². The maximum absolute atomic E-state index is 11.6. The minimum absolute atomic E-state index is 0.275. The second-order valence-corrected chi connectivity index (χ2v) is 6.90. The molecule has 146 valence electrons. The van der Waals surface area contributed by atoms with Crippen LogP contribution in [-0.4, -0.2) is 77.4 Å². The van der Waals surface area contributed by atoms with E-state index in [9.17, 15) is 4.79 Å². The first-order valence-corrected chi connectivity index (χ1v) is 9.20. The fourth-order valence-corrected chi connectivity index (χ4v) is 3.51. The van der Waals surface area contributed by atoms with Gasteiger partial charge in [-0.15, -0.1) is 0 Å².